The number of aromatic nitrogens is 1. The third kappa shape index (κ3) is 9.39. The summed E-state index contributed by atoms with van der Waals surface area (Å²) >= 11 is 0. The van der Waals surface area contributed by atoms with Crippen LogP contribution >= 0.6 is 0 Å². The molecule has 16 heteroatoms. The van der Waals surface area contributed by atoms with E-state index >= 15 is 0 Å². The number of amides is 5. The molecule has 0 bridgehead atoms. The molecule has 40 heavy (non-hydrogen) atoms. The minimum atomic E-state index is -1.74. The van der Waals surface area contributed by atoms with E-state index < -0.39 is 84.9 Å². The van der Waals surface area contributed by atoms with Gasteiger partial charge in [0.1, 0.15) is 18.1 Å². The van der Waals surface area contributed by atoms with E-state index in [9.17, 15) is 43.8 Å². The number of para-hydroxylation sites is 1. The molecule has 2 rings (SSSR count). The summed E-state index contributed by atoms with van der Waals surface area (Å²) in [5.41, 5.74) is 17.0. The Morgan fingerprint density at radius 3 is 2.00 bits per heavy atom. The summed E-state index contributed by atoms with van der Waals surface area (Å²) in [5.74, 6) is -7.80. The third-order valence-corrected chi connectivity index (χ3v) is 5.80. The van der Waals surface area contributed by atoms with Crippen LogP contribution in [0.5, 0.6) is 0 Å². The molecule has 5 amide bonds. The van der Waals surface area contributed by atoms with E-state index in [1.807, 2.05) is 0 Å². The van der Waals surface area contributed by atoms with E-state index in [0.29, 0.717) is 5.56 Å². The first-order chi connectivity index (χ1) is 18.8. The van der Waals surface area contributed by atoms with Gasteiger partial charge in [0.25, 0.3) is 0 Å². The summed E-state index contributed by atoms with van der Waals surface area (Å²) in [4.78, 5) is 86.9. The highest BCUT2D eigenvalue weighted by atomic mass is 16.4. The van der Waals surface area contributed by atoms with Crippen LogP contribution in [0, 0.1) is 0 Å². The highest BCUT2D eigenvalue weighted by molar-refractivity contribution is 5.96. The molecular weight excluding hydrogens is 530 g/mol. The van der Waals surface area contributed by atoms with Gasteiger partial charge in [-0.2, -0.15) is 0 Å². The van der Waals surface area contributed by atoms with Gasteiger partial charge in [-0.25, -0.2) is 4.79 Å². The molecule has 1 heterocycles. The number of nitrogens with two attached hydrogens (primary N) is 3. The van der Waals surface area contributed by atoms with Gasteiger partial charge in [0.05, 0.1) is 18.9 Å². The number of fused-ring (bicyclic) bond motifs is 1. The fourth-order valence-electron chi connectivity index (χ4n) is 3.79. The molecule has 16 nitrogen and oxygen atoms in total. The Morgan fingerprint density at radius 2 is 1.40 bits per heavy atom. The van der Waals surface area contributed by atoms with Crippen molar-refractivity contribution >= 4 is 52.4 Å². The van der Waals surface area contributed by atoms with Crippen LogP contribution in [-0.2, 0) is 40.0 Å². The number of benzene rings is 1. The average Bonchev–Trinajstić information content (AvgIpc) is 3.27. The Balaban J connectivity index is 2.21. The molecule has 1 aromatic heterocycles. The zero-order chi connectivity index (χ0) is 30.0. The Kier molecular flexibility index (Phi) is 11.1. The van der Waals surface area contributed by atoms with E-state index in [1.54, 1.807) is 30.5 Å². The Hall–Kier alpha value is -4.99. The zero-order valence-corrected chi connectivity index (χ0v) is 21.2. The number of carboxylic acid groups (broad SMARTS) is 2. The van der Waals surface area contributed by atoms with Crippen molar-refractivity contribution in [2.75, 3.05) is 0 Å². The van der Waals surface area contributed by atoms with Gasteiger partial charge in [-0.3, -0.25) is 28.8 Å². The number of hydrogen-bond acceptors (Lipinski definition) is 8. The average molecular weight is 562 g/mol. The minimum Gasteiger partial charge on any atom is -0.481 e. The second-order valence-corrected chi connectivity index (χ2v) is 8.97. The summed E-state index contributed by atoms with van der Waals surface area (Å²) in [5, 5.41) is 26.3. The molecule has 0 aliphatic rings. The quantitative estimate of drug-likeness (QED) is 0.101. The molecule has 4 unspecified atom stereocenters. The molecule has 2 aromatic rings. The SMILES string of the molecule is NC(=O)CCC(NC(=O)C(CC(=O)O)NC(=O)C(N)CC(N)=O)C(=O)NC(Cc1c[nH]c2ccccc12)C(=O)O. The molecule has 216 valence electrons. The first kappa shape index (κ1) is 31.2. The summed E-state index contributed by atoms with van der Waals surface area (Å²) in [6, 6.07) is 0.913. The first-order valence-electron chi connectivity index (χ1n) is 12.0. The molecular formula is C24H31N7O9. The van der Waals surface area contributed by atoms with Crippen molar-refractivity contribution < 1.29 is 43.8 Å². The first-order valence-corrected chi connectivity index (χ1v) is 12.0. The number of aromatic amines is 1. The fraction of sp³-hybridized carbons (Fsp3) is 0.375. The lowest BCUT2D eigenvalue weighted by Crippen LogP contribution is -2.58. The predicted octanol–water partition coefficient (Wildman–Crippen LogP) is -2.81. The van der Waals surface area contributed by atoms with Crippen molar-refractivity contribution in [3.8, 4) is 0 Å². The van der Waals surface area contributed by atoms with Gasteiger partial charge in [0.15, 0.2) is 0 Å². The van der Waals surface area contributed by atoms with Crippen molar-refractivity contribution in [3.05, 3.63) is 36.0 Å². The topological polar surface area (TPSA) is 290 Å². The van der Waals surface area contributed by atoms with Crippen molar-refractivity contribution in [1.29, 1.82) is 0 Å². The van der Waals surface area contributed by atoms with Crippen LogP contribution in [0.2, 0.25) is 0 Å². The second-order valence-electron chi connectivity index (χ2n) is 8.97. The van der Waals surface area contributed by atoms with Gasteiger partial charge >= 0.3 is 11.9 Å². The van der Waals surface area contributed by atoms with Gasteiger partial charge < -0.3 is 48.3 Å². The fourth-order valence-corrected chi connectivity index (χ4v) is 3.79. The van der Waals surface area contributed by atoms with Crippen LogP contribution in [0.1, 0.15) is 31.2 Å². The minimum absolute atomic E-state index is 0.128. The summed E-state index contributed by atoms with van der Waals surface area (Å²) in [6.07, 6.45) is -0.787. The number of hydrogen-bond donors (Lipinski definition) is 9. The van der Waals surface area contributed by atoms with Crippen LogP contribution < -0.4 is 33.2 Å². The highest BCUT2D eigenvalue weighted by Crippen LogP contribution is 2.19. The van der Waals surface area contributed by atoms with E-state index in [0.717, 1.165) is 10.9 Å². The van der Waals surface area contributed by atoms with Crippen molar-refractivity contribution in [1.82, 2.24) is 20.9 Å². The van der Waals surface area contributed by atoms with E-state index in [1.165, 1.54) is 0 Å². The summed E-state index contributed by atoms with van der Waals surface area (Å²) < 4.78 is 0. The normalized spacial score (nSPS) is 13.8. The van der Waals surface area contributed by atoms with Crippen LogP contribution in [0.25, 0.3) is 10.9 Å². The van der Waals surface area contributed by atoms with E-state index in [2.05, 4.69) is 20.9 Å². The number of aliphatic carboxylic acids is 2. The maximum atomic E-state index is 13.1. The molecule has 0 aliphatic carbocycles. The molecule has 0 spiro atoms. The molecule has 1 aromatic carbocycles. The molecule has 0 radical (unpaired) electrons. The molecule has 4 atom stereocenters. The maximum Gasteiger partial charge on any atom is 0.326 e. The van der Waals surface area contributed by atoms with Crippen LogP contribution in [-0.4, -0.2) is 80.8 Å². The lowest BCUT2D eigenvalue weighted by atomic mass is 10.0. The smallest absolute Gasteiger partial charge is 0.326 e. The molecule has 0 aliphatic heterocycles. The molecule has 0 saturated heterocycles. The zero-order valence-electron chi connectivity index (χ0n) is 21.2. The van der Waals surface area contributed by atoms with Crippen LogP contribution in [0.4, 0.5) is 0 Å². The van der Waals surface area contributed by atoms with Gasteiger partial charge in [-0.1, -0.05) is 18.2 Å². The van der Waals surface area contributed by atoms with Gasteiger partial charge in [-0.05, 0) is 18.1 Å². The van der Waals surface area contributed by atoms with Crippen molar-refractivity contribution in [2.24, 2.45) is 17.2 Å². The van der Waals surface area contributed by atoms with E-state index in [4.69, 9.17) is 17.2 Å². The second kappa shape index (κ2) is 14.2. The highest BCUT2D eigenvalue weighted by Gasteiger charge is 2.32. The number of rotatable bonds is 16. The number of H-pyrrole nitrogens is 1. The Labute approximate surface area is 227 Å². The number of nitrogens with one attached hydrogen (secondary N) is 4. The van der Waals surface area contributed by atoms with Gasteiger partial charge in [0, 0.05) is 29.9 Å². The predicted molar refractivity (Wildman–Crippen MR) is 138 cm³/mol. The van der Waals surface area contributed by atoms with Gasteiger partial charge in [0.2, 0.25) is 29.5 Å². The Bertz CT molecular complexity index is 1290. The number of carbonyl (C=O) groups excluding carboxylic acids is 5. The van der Waals surface area contributed by atoms with Crippen molar-refractivity contribution in [3.63, 3.8) is 0 Å². The molecule has 12 N–H and O–H groups in total. The lowest BCUT2D eigenvalue weighted by Gasteiger charge is -2.24. The standard InChI is InChI=1S/C24H31N7O9/c25-13(8-19(27)33)21(36)30-16(9-20(34)35)23(38)29-15(5-6-18(26)32)22(37)31-17(24(39)40)7-11-10-28-14-4-2-1-3-12(11)14/h1-4,10,13,15-17,28H,5-9,25H2,(H2,26,32)(H2,27,33)(H,29,38)(H,30,36)(H,31,37)(H,34,35)(H,39,40). The summed E-state index contributed by atoms with van der Waals surface area (Å²) in [6.45, 7) is 0. The van der Waals surface area contributed by atoms with E-state index in [-0.39, 0.29) is 12.8 Å². The maximum absolute atomic E-state index is 13.1. The molecule has 0 saturated carbocycles. The summed E-state index contributed by atoms with van der Waals surface area (Å²) in [7, 11) is 0. The number of carboxylic acids is 2. The van der Waals surface area contributed by atoms with Crippen molar-refractivity contribution in [2.45, 2.75) is 56.3 Å². The van der Waals surface area contributed by atoms with Gasteiger partial charge in [-0.15, -0.1) is 0 Å². The van der Waals surface area contributed by atoms with Crippen LogP contribution in [0.15, 0.2) is 30.5 Å². The lowest BCUT2D eigenvalue weighted by molar-refractivity contribution is -0.143. The largest absolute Gasteiger partial charge is 0.481 e. The number of primary amides is 2. The number of carbonyl (C=O) groups is 7. The van der Waals surface area contributed by atoms with Crippen LogP contribution in [0.3, 0.4) is 0 Å². The Morgan fingerprint density at radius 1 is 0.800 bits per heavy atom. The third-order valence-electron chi connectivity index (χ3n) is 5.80. The molecule has 0 fully saturated rings. The monoisotopic (exact) mass is 561 g/mol.